The van der Waals surface area contributed by atoms with Crippen molar-refractivity contribution in [2.75, 3.05) is 13.2 Å². The lowest BCUT2D eigenvalue weighted by Gasteiger charge is -2.29. The Bertz CT molecular complexity index is 927. The number of ketones is 2. The van der Waals surface area contributed by atoms with Gasteiger partial charge in [-0.3, -0.25) is 19.2 Å². The van der Waals surface area contributed by atoms with Gasteiger partial charge in [0.2, 0.25) is 0 Å². The molecule has 0 radical (unpaired) electrons. The molecule has 2 aliphatic carbocycles. The molecule has 8 heteroatoms. The van der Waals surface area contributed by atoms with Gasteiger partial charge in [0.1, 0.15) is 11.5 Å². The van der Waals surface area contributed by atoms with E-state index in [1.54, 1.807) is 30.4 Å². The Hall–Kier alpha value is -3.42. The summed E-state index contributed by atoms with van der Waals surface area (Å²) in [6.07, 6.45) is 5.56. The highest BCUT2D eigenvalue weighted by molar-refractivity contribution is 6.17. The molecule has 0 aromatic heterocycles. The lowest BCUT2D eigenvalue weighted by atomic mass is 9.72. The van der Waals surface area contributed by atoms with Gasteiger partial charge in [0.15, 0.2) is 11.6 Å². The molecule has 2 aliphatic rings. The van der Waals surface area contributed by atoms with E-state index in [2.05, 4.69) is 0 Å². The highest BCUT2D eigenvalue weighted by atomic mass is 16.5. The van der Waals surface area contributed by atoms with Crippen molar-refractivity contribution < 1.29 is 38.9 Å². The molecular formula is C22H22O8. The van der Waals surface area contributed by atoms with Crippen LogP contribution in [0.2, 0.25) is 0 Å². The molecule has 3 rings (SSSR count). The van der Waals surface area contributed by atoms with Gasteiger partial charge in [-0.15, -0.1) is 0 Å². The largest absolute Gasteiger partial charge is 0.494 e. The highest BCUT2D eigenvalue weighted by Crippen LogP contribution is 2.37. The summed E-state index contributed by atoms with van der Waals surface area (Å²) in [5.74, 6) is -2.61. The van der Waals surface area contributed by atoms with Crippen molar-refractivity contribution in [3.8, 4) is 5.75 Å². The van der Waals surface area contributed by atoms with Crippen LogP contribution in [0, 0.1) is 11.8 Å². The van der Waals surface area contributed by atoms with Crippen molar-refractivity contribution in [1.82, 2.24) is 0 Å². The summed E-state index contributed by atoms with van der Waals surface area (Å²) in [7, 11) is 0. The number of aliphatic carboxylic acids is 2. The number of carbonyl (C=O) groups excluding carboxylic acids is 2. The molecule has 0 aliphatic heterocycles. The van der Waals surface area contributed by atoms with Crippen molar-refractivity contribution in [2.45, 2.75) is 25.7 Å². The van der Waals surface area contributed by atoms with Gasteiger partial charge in [-0.05, 0) is 43.2 Å². The van der Waals surface area contributed by atoms with Gasteiger partial charge in [-0.2, -0.15) is 0 Å². The zero-order valence-corrected chi connectivity index (χ0v) is 16.2. The second-order valence-electron chi connectivity index (χ2n) is 7.11. The molecule has 2 unspecified atom stereocenters. The minimum atomic E-state index is -0.904. The molecule has 0 spiro atoms. The smallest absolute Gasteiger partial charge is 0.303 e. The van der Waals surface area contributed by atoms with Crippen LogP contribution >= 0.6 is 0 Å². The Labute approximate surface area is 172 Å². The van der Waals surface area contributed by atoms with Crippen LogP contribution in [0.4, 0.5) is 0 Å². The number of hydrogen-bond donors (Lipinski definition) is 2. The number of fused-ring (bicyclic) bond motifs is 2. The molecule has 158 valence electrons. The van der Waals surface area contributed by atoms with E-state index in [4.69, 9.17) is 19.7 Å². The van der Waals surface area contributed by atoms with Crippen LogP contribution < -0.4 is 4.74 Å². The van der Waals surface area contributed by atoms with Gasteiger partial charge < -0.3 is 19.7 Å². The molecule has 2 N–H and O–H groups in total. The van der Waals surface area contributed by atoms with Crippen molar-refractivity contribution in [3.63, 3.8) is 0 Å². The number of carboxylic acid groups (broad SMARTS) is 2. The van der Waals surface area contributed by atoms with Crippen molar-refractivity contribution in [1.29, 1.82) is 0 Å². The van der Waals surface area contributed by atoms with E-state index in [9.17, 15) is 19.2 Å². The van der Waals surface area contributed by atoms with Crippen molar-refractivity contribution in [2.24, 2.45) is 11.8 Å². The fourth-order valence-corrected chi connectivity index (χ4v) is 3.46. The van der Waals surface area contributed by atoms with Crippen molar-refractivity contribution >= 4 is 23.5 Å². The second-order valence-corrected chi connectivity index (χ2v) is 7.11. The minimum Gasteiger partial charge on any atom is -0.494 e. The lowest BCUT2D eigenvalue weighted by molar-refractivity contribution is -0.138. The number of ether oxygens (including phenoxy) is 2. The zero-order valence-electron chi connectivity index (χ0n) is 16.2. The predicted molar refractivity (Wildman–Crippen MR) is 104 cm³/mol. The standard InChI is InChI=1S/C22H22O8/c23-19(24)3-1-9-29-13-5-7-15-17(11-13)21(27)16-8-6-14(12-18(16)22(15)28)30-10-2-4-20(25)26/h5-8,11-12,15,17H,1-4,9-10H2,(H,23,24)(H,25,26). The van der Waals surface area contributed by atoms with E-state index in [0.29, 0.717) is 35.5 Å². The predicted octanol–water partition coefficient (Wildman–Crippen LogP) is 2.88. The molecule has 0 saturated heterocycles. The third-order valence-corrected chi connectivity index (χ3v) is 4.93. The molecule has 0 heterocycles. The minimum absolute atomic E-state index is 0.00541. The summed E-state index contributed by atoms with van der Waals surface area (Å²) in [4.78, 5) is 47.0. The first-order valence-electron chi connectivity index (χ1n) is 9.68. The molecule has 0 saturated carbocycles. The third-order valence-electron chi connectivity index (χ3n) is 4.93. The number of Topliss-reactive ketones (excluding diaryl/α,β-unsaturated/α-hetero) is 2. The number of carbonyl (C=O) groups is 4. The van der Waals surface area contributed by atoms with Crippen LogP contribution in [-0.2, 0) is 14.3 Å². The summed E-state index contributed by atoms with van der Waals surface area (Å²) < 4.78 is 11.0. The van der Waals surface area contributed by atoms with Gasteiger partial charge in [0.05, 0.1) is 25.0 Å². The number of rotatable bonds is 10. The van der Waals surface area contributed by atoms with E-state index in [0.717, 1.165) is 0 Å². The second kappa shape index (κ2) is 9.39. The van der Waals surface area contributed by atoms with E-state index in [-0.39, 0.29) is 37.6 Å². The first-order valence-corrected chi connectivity index (χ1v) is 9.68. The molecule has 2 atom stereocenters. The van der Waals surface area contributed by atoms with E-state index < -0.39 is 23.8 Å². The topological polar surface area (TPSA) is 127 Å². The quantitative estimate of drug-likeness (QED) is 0.560. The average Bonchev–Trinajstić information content (AvgIpc) is 2.72. The van der Waals surface area contributed by atoms with Crippen molar-refractivity contribution in [3.05, 3.63) is 53.3 Å². The van der Waals surface area contributed by atoms with Crippen LogP contribution in [0.3, 0.4) is 0 Å². The molecular weight excluding hydrogens is 392 g/mol. The molecule has 8 nitrogen and oxygen atoms in total. The molecule has 1 aromatic carbocycles. The average molecular weight is 414 g/mol. The van der Waals surface area contributed by atoms with Crippen LogP contribution in [-0.4, -0.2) is 46.9 Å². The first-order chi connectivity index (χ1) is 14.4. The zero-order chi connectivity index (χ0) is 21.7. The molecule has 30 heavy (non-hydrogen) atoms. The van der Waals surface area contributed by atoms with Gasteiger partial charge in [-0.1, -0.05) is 6.08 Å². The summed E-state index contributed by atoms with van der Waals surface area (Å²) in [5.41, 5.74) is 0.608. The number of benzene rings is 1. The number of allylic oxidation sites excluding steroid dienone is 3. The SMILES string of the molecule is O=C(O)CCCOC1=CC2C(=O)c3ccc(OCCCC(=O)O)cc3C(=O)C2C=C1. The van der Waals surface area contributed by atoms with Crippen LogP contribution in [0.25, 0.3) is 0 Å². The fraction of sp³-hybridized carbons (Fsp3) is 0.364. The van der Waals surface area contributed by atoms with E-state index in [1.165, 1.54) is 6.07 Å². The number of hydrogen-bond acceptors (Lipinski definition) is 6. The lowest BCUT2D eigenvalue weighted by Crippen LogP contribution is -2.36. The monoisotopic (exact) mass is 414 g/mol. The first kappa shape index (κ1) is 21.3. The maximum Gasteiger partial charge on any atom is 0.303 e. The van der Waals surface area contributed by atoms with Crippen LogP contribution in [0.1, 0.15) is 46.4 Å². The summed E-state index contributed by atoms with van der Waals surface area (Å²) in [5, 5.41) is 17.3. The number of carboxylic acids is 2. The third kappa shape index (κ3) is 4.94. The van der Waals surface area contributed by atoms with Gasteiger partial charge in [0, 0.05) is 24.0 Å². The van der Waals surface area contributed by atoms with Gasteiger partial charge in [0.25, 0.3) is 0 Å². The Morgan fingerprint density at radius 2 is 1.50 bits per heavy atom. The molecule has 0 fully saturated rings. The summed E-state index contributed by atoms with van der Waals surface area (Å²) >= 11 is 0. The Kier molecular flexibility index (Phi) is 6.66. The Morgan fingerprint density at radius 3 is 2.17 bits per heavy atom. The summed E-state index contributed by atoms with van der Waals surface area (Å²) in [6.45, 7) is 0.408. The van der Waals surface area contributed by atoms with Gasteiger partial charge >= 0.3 is 11.9 Å². The van der Waals surface area contributed by atoms with E-state index in [1.807, 2.05) is 0 Å². The highest BCUT2D eigenvalue weighted by Gasteiger charge is 2.40. The molecule has 0 bridgehead atoms. The normalized spacial score (nSPS) is 19.5. The Balaban J connectivity index is 1.69. The van der Waals surface area contributed by atoms with Crippen LogP contribution in [0.15, 0.2) is 42.2 Å². The maximum atomic E-state index is 12.9. The maximum absolute atomic E-state index is 12.9. The molecule has 1 aromatic rings. The van der Waals surface area contributed by atoms with E-state index >= 15 is 0 Å². The van der Waals surface area contributed by atoms with Gasteiger partial charge in [-0.25, -0.2) is 0 Å². The fourth-order valence-electron chi connectivity index (χ4n) is 3.46. The molecule has 0 amide bonds. The van der Waals surface area contributed by atoms with Crippen LogP contribution in [0.5, 0.6) is 5.75 Å². The summed E-state index contributed by atoms with van der Waals surface area (Å²) in [6, 6.07) is 4.68. The Morgan fingerprint density at radius 1 is 0.867 bits per heavy atom.